The number of sulfonamides is 1. The van der Waals surface area contributed by atoms with Gasteiger partial charge in [-0.3, -0.25) is 4.79 Å². The van der Waals surface area contributed by atoms with Crippen LogP contribution in [0.25, 0.3) is 11.0 Å². The van der Waals surface area contributed by atoms with E-state index in [0.717, 1.165) is 44.4 Å². The molecule has 1 amide bonds. The standard InChI is InChI=1S/C20H30N6O3S/c1-3-9-25-18-8-7-16(15-17(18)21-22-25)30(28,29)26-10-5-4-6-19(26)20(27)24-13-11-23(2)12-14-24/h7-8,15,19H,3-6,9-14H2,1-2H3. The monoisotopic (exact) mass is 434 g/mol. The Morgan fingerprint density at radius 1 is 1.13 bits per heavy atom. The van der Waals surface area contributed by atoms with Gasteiger partial charge < -0.3 is 9.80 Å². The Bertz CT molecular complexity index is 1010. The molecule has 1 aromatic carbocycles. The Labute approximate surface area is 177 Å². The zero-order chi connectivity index (χ0) is 21.3. The lowest BCUT2D eigenvalue weighted by molar-refractivity contribution is -0.137. The van der Waals surface area contributed by atoms with Crippen LogP contribution in [-0.4, -0.2) is 89.2 Å². The van der Waals surface area contributed by atoms with Gasteiger partial charge in [0, 0.05) is 39.3 Å². The quantitative estimate of drug-likeness (QED) is 0.701. The van der Waals surface area contributed by atoms with E-state index in [-0.39, 0.29) is 10.8 Å². The number of piperidine rings is 1. The molecule has 2 saturated heterocycles. The molecule has 2 aromatic rings. The van der Waals surface area contributed by atoms with Gasteiger partial charge in [0.15, 0.2) is 0 Å². The van der Waals surface area contributed by atoms with E-state index in [1.807, 2.05) is 11.9 Å². The van der Waals surface area contributed by atoms with Gasteiger partial charge in [0.25, 0.3) is 0 Å². The lowest BCUT2D eigenvalue weighted by atomic mass is 10.0. The SMILES string of the molecule is CCCn1nnc2cc(S(=O)(=O)N3CCCCC3C(=O)N3CCN(C)CC3)ccc21. The third kappa shape index (κ3) is 3.95. The number of benzene rings is 1. The van der Waals surface area contributed by atoms with E-state index in [1.165, 1.54) is 4.31 Å². The van der Waals surface area contributed by atoms with Crippen LogP contribution < -0.4 is 0 Å². The fourth-order valence-electron chi connectivity index (χ4n) is 4.30. The summed E-state index contributed by atoms with van der Waals surface area (Å²) in [5.41, 5.74) is 1.38. The topological polar surface area (TPSA) is 91.6 Å². The number of fused-ring (bicyclic) bond motifs is 1. The summed E-state index contributed by atoms with van der Waals surface area (Å²) < 4.78 is 30.2. The molecular formula is C20H30N6O3S. The summed E-state index contributed by atoms with van der Waals surface area (Å²) in [6.07, 6.45) is 3.11. The van der Waals surface area contributed by atoms with Gasteiger partial charge >= 0.3 is 0 Å². The van der Waals surface area contributed by atoms with E-state index >= 15 is 0 Å². The summed E-state index contributed by atoms with van der Waals surface area (Å²) in [4.78, 5) is 17.4. The Kier molecular flexibility index (Phi) is 6.08. The van der Waals surface area contributed by atoms with Crippen LogP contribution in [0.15, 0.2) is 23.1 Å². The van der Waals surface area contributed by atoms with Gasteiger partial charge in [0.1, 0.15) is 11.6 Å². The third-order valence-corrected chi connectivity index (χ3v) is 7.99. The maximum Gasteiger partial charge on any atom is 0.243 e. The summed E-state index contributed by atoms with van der Waals surface area (Å²) in [6, 6.07) is 4.33. The van der Waals surface area contributed by atoms with E-state index < -0.39 is 16.1 Å². The van der Waals surface area contributed by atoms with Gasteiger partial charge in [-0.15, -0.1) is 5.10 Å². The summed E-state index contributed by atoms with van der Waals surface area (Å²) in [5.74, 6) is -0.0682. The first-order valence-corrected chi connectivity index (χ1v) is 12.2. The molecule has 0 bridgehead atoms. The normalized spacial score (nSPS) is 21.9. The highest BCUT2D eigenvalue weighted by Crippen LogP contribution is 2.28. The molecule has 30 heavy (non-hydrogen) atoms. The van der Waals surface area contributed by atoms with Gasteiger partial charge in [-0.2, -0.15) is 4.31 Å². The summed E-state index contributed by atoms with van der Waals surface area (Å²) >= 11 is 0. The molecule has 1 aromatic heterocycles. The Morgan fingerprint density at radius 2 is 1.90 bits per heavy atom. The first kappa shape index (κ1) is 21.2. The highest BCUT2D eigenvalue weighted by molar-refractivity contribution is 7.89. The van der Waals surface area contributed by atoms with Crippen molar-refractivity contribution in [1.29, 1.82) is 0 Å². The minimum atomic E-state index is -3.80. The minimum absolute atomic E-state index is 0.0682. The maximum atomic E-state index is 13.5. The van der Waals surface area contributed by atoms with Crippen molar-refractivity contribution in [3.05, 3.63) is 18.2 Å². The van der Waals surface area contributed by atoms with Gasteiger partial charge in [-0.1, -0.05) is 18.6 Å². The molecule has 10 heteroatoms. The van der Waals surface area contributed by atoms with Crippen molar-refractivity contribution in [2.75, 3.05) is 39.8 Å². The number of aromatic nitrogens is 3. The van der Waals surface area contributed by atoms with Crippen LogP contribution in [-0.2, 0) is 21.4 Å². The minimum Gasteiger partial charge on any atom is -0.339 e. The zero-order valence-corrected chi connectivity index (χ0v) is 18.5. The van der Waals surface area contributed by atoms with E-state index in [9.17, 15) is 13.2 Å². The summed E-state index contributed by atoms with van der Waals surface area (Å²) in [5, 5.41) is 8.27. The lowest BCUT2D eigenvalue weighted by Crippen LogP contribution is -2.56. The predicted octanol–water partition coefficient (Wildman–Crippen LogP) is 1.16. The van der Waals surface area contributed by atoms with Crippen molar-refractivity contribution >= 4 is 27.0 Å². The number of hydrogen-bond acceptors (Lipinski definition) is 6. The van der Waals surface area contributed by atoms with E-state index in [4.69, 9.17) is 0 Å². The molecule has 1 unspecified atom stereocenters. The molecule has 1 atom stereocenters. The van der Waals surface area contributed by atoms with Crippen molar-refractivity contribution in [1.82, 2.24) is 29.1 Å². The number of likely N-dealkylation sites (N-methyl/N-ethyl adjacent to an activating group) is 1. The van der Waals surface area contributed by atoms with Crippen LogP contribution in [0.2, 0.25) is 0 Å². The number of rotatable bonds is 5. The number of carbonyl (C=O) groups excluding carboxylic acids is 1. The van der Waals surface area contributed by atoms with Gasteiger partial charge in [-0.25, -0.2) is 13.1 Å². The molecule has 3 heterocycles. The van der Waals surface area contributed by atoms with Crippen LogP contribution in [0, 0.1) is 0 Å². The number of amides is 1. The van der Waals surface area contributed by atoms with Crippen LogP contribution in [0.1, 0.15) is 32.6 Å². The summed E-state index contributed by atoms with van der Waals surface area (Å²) in [6.45, 7) is 6.08. The first-order chi connectivity index (χ1) is 14.4. The molecule has 0 aliphatic carbocycles. The first-order valence-electron chi connectivity index (χ1n) is 10.7. The lowest BCUT2D eigenvalue weighted by Gasteiger charge is -2.39. The second-order valence-corrected chi connectivity index (χ2v) is 10.1. The average Bonchev–Trinajstić information content (AvgIpc) is 3.16. The van der Waals surface area contributed by atoms with Crippen molar-refractivity contribution < 1.29 is 13.2 Å². The number of hydrogen-bond donors (Lipinski definition) is 0. The third-order valence-electron chi connectivity index (χ3n) is 6.08. The molecule has 164 valence electrons. The Hall–Kier alpha value is -2.04. The van der Waals surface area contributed by atoms with Crippen LogP contribution in [0.4, 0.5) is 0 Å². The van der Waals surface area contributed by atoms with Crippen molar-refractivity contribution in [2.45, 2.75) is 50.1 Å². The molecule has 0 radical (unpaired) electrons. The van der Waals surface area contributed by atoms with Gasteiger partial charge in [0.2, 0.25) is 15.9 Å². The van der Waals surface area contributed by atoms with Gasteiger partial charge in [0.05, 0.1) is 10.4 Å². The second-order valence-electron chi connectivity index (χ2n) is 8.22. The van der Waals surface area contributed by atoms with Crippen LogP contribution in [0.3, 0.4) is 0 Å². The molecule has 2 aliphatic heterocycles. The van der Waals surface area contributed by atoms with Crippen LogP contribution >= 0.6 is 0 Å². The smallest absolute Gasteiger partial charge is 0.243 e. The maximum absolute atomic E-state index is 13.5. The van der Waals surface area contributed by atoms with Gasteiger partial charge in [-0.05, 0) is 44.5 Å². The van der Waals surface area contributed by atoms with E-state index in [1.54, 1.807) is 22.9 Å². The number of piperazine rings is 1. The Morgan fingerprint density at radius 3 is 2.63 bits per heavy atom. The number of aryl methyl sites for hydroxylation is 1. The average molecular weight is 435 g/mol. The molecule has 0 saturated carbocycles. The predicted molar refractivity (Wildman–Crippen MR) is 113 cm³/mol. The molecule has 4 rings (SSSR count). The number of carbonyl (C=O) groups is 1. The fraction of sp³-hybridized carbons (Fsp3) is 0.650. The molecule has 0 N–H and O–H groups in total. The van der Waals surface area contributed by atoms with Crippen molar-refractivity contribution in [3.8, 4) is 0 Å². The zero-order valence-electron chi connectivity index (χ0n) is 17.7. The van der Waals surface area contributed by atoms with Crippen LogP contribution in [0.5, 0.6) is 0 Å². The molecule has 2 fully saturated rings. The molecule has 9 nitrogen and oxygen atoms in total. The van der Waals surface area contributed by atoms with Crippen molar-refractivity contribution in [2.24, 2.45) is 0 Å². The van der Waals surface area contributed by atoms with Crippen molar-refractivity contribution in [3.63, 3.8) is 0 Å². The second kappa shape index (κ2) is 8.60. The fourth-order valence-corrected chi connectivity index (χ4v) is 5.97. The Balaban J connectivity index is 1.61. The largest absolute Gasteiger partial charge is 0.339 e. The highest BCUT2D eigenvalue weighted by atomic mass is 32.2. The number of nitrogens with zero attached hydrogens (tertiary/aromatic N) is 6. The molecular weight excluding hydrogens is 404 g/mol. The van der Waals surface area contributed by atoms with E-state index in [0.29, 0.717) is 31.6 Å². The van der Waals surface area contributed by atoms with E-state index in [2.05, 4.69) is 22.1 Å². The highest BCUT2D eigenvalue weighted by Gasteiger charge is 2.40. The molecule has 2 aliphatic rings. The molecule has 0 spiro atoms. The summed E-state index contributed by atoms with van der Waals surface area (Å²) in [7, 11) is -1.77.